The van der Waals surface area contributed by atoms with Crippen LogP contribution in [0.4, 0.5) is 4.79 Å². The topological polar surface area (TPSA) is 55.5 Å². The lowest BCUT2D eigenvalue weighted by Crippen LogP contribution is -2.29. The first-order valence-electron chi connectivity index (χ1n) is 6.50. The van der Waals surface area contributed by atoms with Crippen LogP contribution in [-0.4, -0.2) is 35.4 Å². The second kappa shape index (κ2) is 4.94. The zero-order valence-corrected chi connectivity index (χ0v) is 11.7. The molecular formula is C16H14N2O3. The van der Waals surface area contributed by atoms with Gasteiger partial charge in [0.05, 0.1) is 11.8 Å². The van der Waals surface area contributed by atoms with Crippen molar-refractivity contribution in [1.82, 2.24) is 9.47 Å². The summed E-state index contributed by atoms with van der Waals surface area (Å²) in [7, 11) is 3.30. The van der Waals surface area contributed by atoms with Crippen molar-refractivity contribution in [2.75, 3.05) is 14.1 Å². The number of fused-ring (bicyclic) bond motifs is 1. The van der Waals surface area contributed by atoms with E-state index in [9.17, 15) is 9.59 Å². The number of ketones is 1. The Morgan fingerprint density at radius 3 is 2.52 bits per heavy atom. The van der Waals surface area contributed by atoms with Crippen molar-refractivity contribution in [1.29, 1.82) is 0 Å². The quantitative estimate of drug-likeness (QED) is 0.679. The Balaban J connectivity index is 2.24. The molecule has 3 rings (SSSR count). The Kier molecular flexibility index (Phi) is 3.10. The maximum absolute atomic E-state index is 12.5. The molecule has 0 atom stereocenters. The molecule has 5 nitrogen and oxygen atoms in total. The molecule has 3 aromatic rings. The Hall–Kier alpha value is -2.82. The van der Waals surface area contributed by atoms with Crippen LogP contribution in [0.3, 0.4) is 0 Å². The molecule has 1 aromatic carbocycles. The number of carbonyl (C=O) groups excluding carboxylic acids is 2. The third-order valence-electron chi connectivity index (χ3n) is 3.26. The van der Waals surface area contributed by atoms with E-state index in [0.29, 0.717) is 11.2 Å². The Morgan fingerprint density at radius 1 is 1.10 bits per heavy atom. The molecule has 0 bridgehead atoms. The molecule has 0 spiro atoms. The van der Waals surface area contributed by atoms with E-state index in [-0.39, 0.29) is 17.6 Å². The van der Waals surface area contributed by atoms with Gasteiger partial charge >= 0.3 is 6.03 Å². The highest BCUT2D eigenvalue weighted by Gasteiger charge is 2.23. The lowest BCUT2D eigenvalue weighted by Gasteiger charge is -2.14. The van der Waals surface area contributed by atoms with Gasteiger partial charge in [-0.1, -0.05) is 18.2 Å². The highest BCUT2D eigenvalue weighted by molar-refractivity contribution is 6.11. The lowest BCUT2D eigenvalue weighted by atomic mass is 10.2. The Labute approximate surface area is 121 Å². The van der Waals surface area contributed by atoms with Crippen molar-refractivity contribution in [3.8, 4) is 0 Å². The fourth-order valence-electron chi connectivity index (χ4n) is 2.26. The summed E-state index contributed by atoms with van der Waals surface area (Å²) in [6, 6.07) is 12.1. The summed E-state index contributed by atoms with van der Waals surface area (Å²) in [5.41, 5.74) is 0.996. The predicted octanol–water partition coefficient (Wildman–Crippen LogP) is 3.00. The third kappa shape index (κ3) is 2.12. The number of para-hydroxylation sites is 1. The fourth-order valence-corrected chi connectivity index (χ4v) is 2.26. The van der Waals surface area contributed by atoms with Crippen molar-refractivity contribution < 1.29 is 14.0 Å². The van der Waals surface area contributed by atoms with Gasteiger partial charge in [0.25, 0.3) is 0 Å². The van der Waals surface area contributed by atoms with E-state index < -0.39 is 0 Å². The minimum Gasteiger partial charge on any atom is -0.461 e. The van der Waals surface area contributed by atoms with Crippen LogP contribution in [0.15, 0.2) is 53.1 Å². The molecule has 1 amide bonds. The highest BCUT2D eigenvalue weighted by Crippen LogP contribution is 2.22. The van der Waals surface area contributed by atoms with Gasteiger partial charge in [0.15, 0.2) is 5.76 Å². The molecule has 2 aromatic heterocycles. The van der Waals surface area contributed by atoms with Crippen LogP contribution in [0.2, 0.25) is 0 Å². The number of nitrogens with zero attached hydrogens (tertiary/aromatic N) is 2. The van der Waals surface area contributed by atoms with Gasteiger partial charge in [0.2, 0.25) is 5.78 Å². The highest BCUT2D eigenvalue weighted by atomic mass is 16.3. The molecular weight excluding hydrogens is 268 g/mol. The molecule has 0 radical (unpaired) electrons. The van der Waals surface area contributed by atoms with Crippen LogP contribution in [0.25, 0.3) is 10.9 Å². The summed E-state index contributed by atoms with van der Waals surface area (Å²) in [6.07, 6.45) is 1.44. The van der Waals surface area contributed by atoms with Crippen LogP contribution < -0.4 is 0 Å². The molecule has 0 unspecified atom stereocenters. The van der Waals surface area contributed by atoms with Crippen molar-refractivity contribution in [2.24, 2.45) is 0 Å². The smallest absolute Gasteiger partial charge is 0.328 e. The van der Waals surface area contributed by atoms with Gasteiger partial charge in [-0.15, -0.1) is 0 Å². The molecule has 2 heterocycles. The monoisotopic (exact) mass is 282 g/mol. The van der Waals surface area contributed by atoms with Crippen molar-refractivity contribution in [3.63, 3.8) is 0 Å². The van der Waals surface area contributed by atoms with Crippen LogP contribution in [0.1, 0.15) is 16.2 Å². The number of benzene rings is 1. The maximum Gasteiger partial charge on any atom is 0.328 e. The molecule has 0 saturated heterocycles. The Bertz CT molecular complexity index is 813. The third-order valence-corrected chi connectivity index (χ3v) is 3.26. The van der Waals surface area contributed by atoms with E-state index in [4.69, 9.17) is 4.42 Å². The number of hydrogen-bond acceptors (Lipinski definition) is 3. The van der Waals surface area contributed by atoms with Gasteiger partial charge in [0, 0.05) is 19.5 Å². The summed E-state index contributed by atoms with van der Waals surface area (Å²) in [6.45, 7) is 0. The summed E-state index contributed by atoms with van der Waals surface area (Å²) < 4.78 is 6.57. The minimum atomic E-state index is -0.314. The number of hydrogen-bond donors (Lipinski definition) is 0. The molecule has 106 valence electrons. The second-order valence-electron chi connectivity index (χ2n) is 4.91. The first-order chi connectivity index (χ1) is 10.1. The summed E-state index contributed by atoms with van der Waals surface area (Å²) in [5, 5.41) is 0.836. The molecule has 0 aliphatic carbocycles. The van der Waals surface area contributed by atoms with Crippen molar-refractivity contribution in [3.05, 3.63) is 60.2 Å². The molecule has 0 N–H and O–H groups in total. The first kappa shape index (κ1) is 13.2. The molecule has 0 aliphatic heterocycles. The lowest BCUT2D eigenvalue weighted by molar-refractivity contribution is 0.100. The van der Waals surface area contributed by atoms with Gasteiger partial charge in [-0.05, 0) is 24.3 Å². The number of carbonyl (C=O) groups is 2. The van der Waals surface area contributed by atoms with Crippen LogP contribution in [0.5, 0.6) is 0 Å². The standard InChI is InChI=1S/C16H14N2O3/c1-17(2)16(20)18-12-7-4-3-6-11(12)10-13(18)15(19)14-8-5-9-21-14/h3-10H,1-2H3. The van der Waals surface area contributed by atoms with Gasteiger partial charge in [-0.25, -0.2) is 4.79 Å². The van der Waals surface area contributed by atoms with Crippen molar-refractivity contribution >= 4 is 22.7 Å². The van der Waals surface area contributed by atoms with E-state index >= 15 is 0 Å². The normalized spacial score (nSPS) is 10.8. The van der Waals surface area contributed by atoms with Gasteiger partial charge < -0.3 is 9.32 Å². The Morgan fingerprint density at radius 2 is 1.86 bits per heavy atom. The van der Waals surface area contributed by atoms with E-state index in [0.717, 1.165) is 5.39 Å². The van der Waals surface area contributed by atoms with Crippen LogP contribution >= 0.6 is 0 Å². The molecule has 5 heteroatoms. The van der Waals surface area contributed by atoms with Crippen molar-refractivity contribution in [2.45, 2.75) is 0 Å². The van der Waals surface area contributed by atoms with Gasteiger partial charge in [-0.2, -0.15) is 0 Å². The molecule has 21 heavy (non-hydrogen) atoms. The van der Waals surface area contributed by atoms with Gasteiger partial charge in [-0.3, -0.25) is 9.36 Å². The number of amides is 1. The number of rotatable bonds is 2. The van der Waals surface area contributed by atoms with E-state index in [1.54, 1.807) is 32.3 Å². The maximum atomic E-state index is 12.5. The van der Waals surface area contributed by atoms with E-state index in [1.165, 1.54) is 15.7 Å². The number of furan rings is 1. The largest absolute Gasteiger partial charge is 0.461 e. The number of aromatic nitrogens is 1. The molecule has 0 aliphatic rings. The zero-order valence-electron chi connectivity index (χ0n) is 11.7. The van der Waals surface area contributed by atoms with Gasteiger partial charge in [0.1, 0.15) is 5.69 Å². The van der Waals surface area contributed by atoms with E-state index in [1.807, 2.05) is 24.3 Å². The van der Waals surface area contributed by atoms with E-state index in [2.05, 4.69) is 0 Å². The second-order valence-corrected chi connectivity index (χ2v) is 4.91. The fraction of sp³-hybridized carbons (Fsp3) is 0.125. The summed E-state index contributed by atoms with van der Waals surface area (Å²) >= 11 is 0. The minimum absolute atomic E-state index is 0.214. The van der Waals surface area contributed by atoms with Crippen LogP contribution in [-0.2, 0) is 0 Å². The molecule has 0 saturated carbocycles. The SMILES string of the molecule is CN(C)C(=O)n1c(C(=O)c2ccco2)cc2ccccc21. The summed E-state index contributed by atoms with van der Waals surface area (Å²) in [4.78, 5) is 26.4. The first-order valence-corrected chi connectivity index (χ1v) is 6.50. The zero-order chi connectivity index (χ0) is 15.0. The summed E-state index contributed by atoms with van der Waals surface area (Å²) in [5.74, 6) is -0.1000. The van der Waals surface area contributed by atoms with Crippen LogP contribution in [0, 0.1) is 0 Å². The average Bonchev–Trinajstić information content (AvgIpc) is 3.13. The average molecular weight is 282 g/mol. The predicted molar refractivity (Wildman–Crippen MR) is 78.6 cm³/mol. The molecule has 0 fully saturated rings.